The highest BCUT2D eigenvalue weighted by Gasteiger charge is 2.23. The van der Waals surface area contributed by atoms with E-state index >= 15 is 0 Å². The maximum Gasteiger partial charge on any atom is 0.317 e. The van der Waals surface area contributed by atoms with Crippen LogP contribution in [0.3, 0.4) is 0 Å². The molecule has 1 saturated carbocycles. The molecule has 0 aliphatic heterocycles. The van der Waals surface area contributed by atoms with Gasteiger partial charge in [0.2, 0.25) is 5.91 Å². The van der Waals surface area contributed by atoms with E-state index in [1.54, 1.807) is 0 Å². The summed E-state index contributed by atoms with van der Waals surface area (Å²) in [6.07, 6.45) is 2.42. The normalized spacial score (nSPS) is 14.4. The van der Waals surface area contributed by atoms with Gasteiger partial charge in [0.1, 0.15) is 6.54 Å². The van der Waals surface area contributed by atoms with Crippen molar-refractivity contribution >= 4 is 11.9 Å². The summed E-state index contributed by atoms with van der Waals surface area (Å²) in [5, 5.41) is 5.53. The molecule has 92 valence electrons. The topological polar surface area (TPSA) is 61.4 Å². The van der Waals surface area contributed by atoms with Gasteiger partial charge in [-0.2, -0.15) is 0 Å². The Morgan fingerprint density at radius 1 is 1.25 bits per heavy atom. The molecule has 1 fully saturated rings. The number of likely N-dealkylation sites (N-methyl/N-ethyl adjacent to an activating group) is 2. The Balaban J connectivity index is 2.26. The van der Waals surface area contributed by atoms with Crippen LogP contribution in [-0.4, -0.2) is 43.0 Å². The molecule has 3 amide bonds. The predicted octanol–water partition coefficient (Wildman–Crippen LogP) is 0.564. The first-order valence-electron chi connectivity index (χ1n) is 5.96. The highest BCUT2D eigenvalue weighted by Crippen LogP contribution is 2.27. The third kappa shape index (κ3) is 4.51. The van der Waals surface area contributed by atoms with Crippen molar-refractivity contribution in [3.05, 3.63) is 0 Å². The summed E-state index contributed by atoms with van der Waals surface area (Å²) in [7, 11) is 0. The predicted molar refractivity (Wildman–Crippen MR) is 62.1 cm³/mol. The number of amides is 3. The molecule has 0 saturated heterocycles. The van der Waals surface area contributed by atoms with Crippen LogP contribution in [0, 0.1) is 5.92 Å². The summed E-state index contributed by atoms with van der Waals surface area (Å²) in [6, 6.07) is -0.138. The number of hydrogen-bond donors (Lipinski definition) is 2. The lowest BCUT2D eigenvalue weighted by Crippen LogP contribution is -2.45. The number of urea groups is 1. The Morgan fingerprint density at radius 2 is 1.94 bits per heavy atom. The highest BCUT2D eigenvalue weighted by atomic mass is 16.2. The summed E-state index contributed by atoms with van der Waals surface area (Å²) >= 11 is 0. The molecule has 0 atom stereocenters. The molecule has 1 aliphatic carbocycles. The van der Waals surface area contributed by atoms with Crippen LogP contribution in [0.25, 0.3) is 0 Å². The van der Waals surface area contributed by atoms with Crippen molar-refractivity contribution < 1.29 is 9.59 Å². The van der Waals surface area contributed by atoms with Crippen LogP contribution in [0.4, 0.5) is 4.79 Å². The van der Waals surface area contributed by atoms with Crippen LogP contribution >= 0.6 is 0 Å². The van der Waals surface area contributed by atoms with Gasteiger partial charge in [-0.05, 0) is 32.6 Å². The van der Waals surface area contributed by atoms with E-state index in [2.05, 4.69) is 10.6 Å². The standard InChI is InChI=1S/C11H21N3O2/c1-3-12-10(15)8-14(4-2)11(16)13-7-9-5-6-9/h9H,3-8H2,1-2H3,(H,12,15)(H,13,16). The molecule has 0 radical (unpaired) electrons. The molecule has 0 aromatic heterocycles. The number of carbonyl (C=O) groups excluding carboxylic acids is 2. The Labute approximate surface area is 96.6 Å². The molecule has 0 aromatic rings. The van der Waals surface area contributed by atoms with E-state index in [1.807, 2.05) is 13.8 Å². The van der Waals surface area contributed by atoms with Gasteiger partial charge in [0, 0.05) is 19.6 Å². The molecule has 0 bridgehead atoms. The van der Waals surface area contributed by atoms with Crippen molar-refractivity contribution in [1.29, 1.82) is 0 Å². The van der Waals surface area contributed by atoms with Gasteiger partial charge >= 0.3 is 6.03 Å². The lowest BCUT2D eigenvalue weighted by atomic mass is 10.4. The fourth-order valence-electron chi connectivity index (χ4n) is 1.42. The first-order chi connectivity index (χ1) is 7.67. The van der Waals surface area contributed by atoms with Crippen molar-refractivity contribution in [3.8, 4) is 0 Å². The Morgan fingerprint density at radius 3 is 2.44 bits per heavy atom. The minimum absolute atomic E-state index is 0.106. The Bertz CT molecular complexity index is 252. The monoisotopic (exact) mass is 227 g/mol. The fraction of sp³-hybridized carbons (Fsp3) is 0.818. The average Bonchev–Trinajstić information content (AvgIpc) is 3.06. The first kappa shape index (κ1) is 12.8. The number of nitrogens with one attached hydrogen (secondary N) is 2. The molecular weight excluding hydrogens is 206 g/mol. The average molecular weight is 227 g/mol. The summed E-state index contributed by atoms with van der Waals surface area (Å²) in [6.45, 7) is 5.76. The van der Waals surface area contributed by atoms with Gasteiger partial charge in [0.15, 0.2) is 0 Å². The maximum atomic E-state index is 11.7. The molecule has 1 rings (SSSR count). The Kier molecular flexibility index (Phi) is 5.08. The van der Waals surface area contributed by atoms with Crippen LogP contribution < -0.4 is 10.6 Å². The molecule has 0 heterocycles. The second-order valence-corrected chi connectivity index (χ2v) is 4.10. The van der Waals surface area contributed by atoms with Gasteiger partial charge in [-0.25, -0.2) is 4.79 Å². The molecule has 1 aliphatic rings. The number of hydrogen-bond acceptors (Lipinski definition) is 2. The molecular formula is C11H21N3O2. The lowest BCUT2D eigenvalue weighted by molar-refractivity contribution is -0.121. The zero-order valence-electron chi connectivity index (χ0n) is 10.1. The van der Waals surface area contributed by atoms with E-state index < -0.39 is 0 Å². The fourth-order valence-corrected chi connectivity index (χ4v) is 1.42. The van der Waals surface area contributed by atoms with Crippen molar-refractivity contribution in [2.24, 2.45) is 5.92 Å². The molecule has 0 spiro atoms. The van der Waals surface area contributed by atoms with Gasteiger partial charge < -0.3 is 15.5 Å². The van der Waals surface area contributed by atoms with Gasteiger partial charge in [-0.15, -0.1) is 0 Å². The lowest BCUT2D eigenvalue weighted by Gasteiger charge is -2.20. The maximum absolute atomic E-state index is 11.7. The van der Waals surface area contributed by atoms with E-state index in [0.29, 0.717) is 19.0 Å². The molecule has 16 heavy (non-hydrogen) atoms. The summed E-state index contributed by atoms with van der Waals surface area (Å²) < 4.78 is 0. The van der Waals surface area contributed by atoms with E-state index in [1.165, 1.54) is 17.7 Å². The minimum Gasteiger partial charge on any atom is -0.355 e. The summed E-state index contributed by atoms with van der Waals surface area (Å²) in [4.78, 5) is 24.5. The summed E-state index contributed by atoms with van der Waals surface area (Å²) in [5.74, 6) is 0.554. The Hall–Kier alpha value is -1.26. The van der Waals surface area contributed by atoms with E-state index in [9.17, 15) is 9.59 Å². The van der Waals surface area contributed by atoms with E-state index in [-0.39, 0.29) is 18.5 Å². The molecule has 0 unspecified atom stereocenters. The van der Waals surface area contributed by atoms with Gasteiger partial charge in [-0.1, -0.05) is 0 Å². The van der Waals surface area contributed by atoms with Crippen LogP contribution in [-0.2, 0) is 4.79 Å². The van der Waals surface area contributed by atoms with E-state index in [4.69, 9.17) is 0 Å². The molecule has 0 aromatic carbocycles. The second-order valence-electron chi connectivity index (χ2n) is 4.10. The minimum atomic E-state index is -0.138. The first-order valence-corrected chi connectivity index (χ1v) is 5.96. The third-order valence-electron chi connectivity index (χ3n) is 2.62. The number of carbonyl (C=O) groups is 2. The molecule has 5 heteroatoms. The van der Waals surface area contributed by atoms with Crippen molar-refractivity contribution in [2.45, 2.75) is 26.7 Å². The van der Waals surface area contributed by atoms with Crippen molar-refractivity contribution in [3.63, 3.8) is 0 Å². The summed E-state index contributed by atoms with van der Waals surface area (Å²) in [5.41, 5.74) is 0. The van der Waals surface area contributed by atoms with Crippen LogP contribution in [0.5, 0.6) is 0 Å². The third-order valence-corrected chi connectivity index (χ3v) is 2.62. The van der Waals surface area contributed by atoms with Crippen molar-refractivity contribution in [2.75, 3.05) is 26.2 Å². The van der Waals surface area contributed by atoms with Crippen LogP contribution in [0.2, 0.25) is 0 Å². The SMILES string of the molecule is CCNC(=O)CN(CC)C(=O)NCC1CC1. The van der Waals surface area contributed by atoms with Gasteiger partial charge in [0.05, 0.1) is 0 Å². The second kappa shape index (κ2) is 6.35. The van der Waals surface area contributed by atoms with Crippen LogP contribution in [0.1, 0.15) is 26.7 Å². The quantitative estimate of drug-likeness (QED) is 0.696. The zero-order valence-corrected chi connectivity index (χ0v) is 10.1. The van der Waals surface area contributed by atoms with Crippen molar-refractivity contribution in [1.82, 2.24) is 15.5 Å². The zero-order chi connectivity index (χ0) is 12.0. The van der Waals surface area contributed by atoms with Gasteiger partial charge in [0.25, 0.3) is 0 Å². The highest BCUT2D eigenvalue weighted by molar-refractivity contribution is 5.83. The van der Waals surface area contributed by atoms with Gasteiger partial charge in [-0.3, -0.25) is 4.79 Å². The molecule has 5 nitrogen and oxygen atoms in total. The van der Waals surface area contributed by atoms with E-state index in [0.717, 1.165) is 6.54 Å². The number of nitrogens with zero attached hydrogens (tertiary/aromatic N) is 1. The largest absolute Gasteiger partial charge is 0.355 e. The smallest absolute Gasteiger partial charge is 0.317 e. The van der Waals surface area contributed by atoms with Crippen LogP contribution in [0.15, 0.2) is 0 Å². The number of rotatable bonds is 6. The molecule has 2 N–H and O–H groups in total.